The van der Waals surface area contributed by atoms with Crippen molar-refractivity contribution in [2.45, 2.75) is 25.7 Å². The van der Waals surface area contributed by atoms with Crippen LogP contribution in [0.1, 0.15) is 25.7 Å². The first kappa shape index (κ1) is 35.7. The third-order valence-corrected chi connectivity index (χ3v) is 12.2. The van der Waals surface area contributed by atoms with E-state index >= 15 is 0 Å². The second-order valence-corrected chi connectivity index (χ2v) is 15.9. The molecule has 0 spiro atoms. The molecule has 2 heteroatoms. The van der Waals surface area contributed by atoms with Gasteiger partial charge < -0.3 is 9.80 Å². The lowest BCUT2D eigenvalue weighted by atomic mass is 9.84. The molecule has 11 rings (SSSR count). The van der Waals surface area contributed by atoms with Gasteiger partial charge in [0.15, 0.2) is 0 Å². The summed E-state index contributed by atoms with van der Waals surface area (Å²) in [6, 6.07) is 67.3. The van der Waals surface area contributed by atoms with Crippen LogP contribution in [0.5, 0.6) is 0 Å². The minimum Gasteiger partial charge on any atom is -0.311 e. The van der Waals surface area contributed by atoms with Gasteiger partial charge in [0.2, 0.25) is 0 Å². The molecule has 0 unspecified atom stereocenters. The van der Waals surface area contributed by atoms with Crippen LogP contribution in [0.4, 0.5) is 22.7 Å². The number of benzene rings is 9. The van der Waals surface area contributed by atoms with Crippen molar-refractivity contribution in [1.82, 2.24) is 0 Å². The van der Waals surface area contributed by atoms with Crippen molar-refractivity contribution in [3.8, 4) is 22.3 Å². The Morgan fingerprint density at radius 1 is 0.300 bits per heavy atom. The number of hydrogen-bond donors (Lipinski definition) is 0. The van der Waals surface area contributed by atoms with Crippen molar-refractivity contribution >= 4 is 65.8 Å². The Bertz CT molecular complexity index is 2990. The maximum Gasteiger partial charge on any atom is 0.0468 e. The quantitative estimate of drug-likeness (QED) is 0.142. The van der Waals surface area contributed by atoms with E-state index in [0.717, 1.165) is 48.4 Å². The fraction of sp³-hybridized carbons (Fsp3) is 0.0690. The SMILES string of the molecule is C1=CC(N(c2ccccc2)c2ccc3c(-c4ccc5ccccc5c4)c4cc(N(C5=CCCC=C5)c5ccccc5)ccc4c(-c4ccc5ccccc5c4)c3c2)=CCC1. The van der Waals surface area contributed by atoms with Crippen molar-refractivity contribution in [2.75, 3.05) is 9.80 Å². The Morgan fingerprint density at radius 3 is 1.13 bits per heavy atom. The van der Waals surface area contributed by atoms with Gasteiger partial charge in [-0.1, -0.05) is 146 Å². The van der Waals surface area contributed by atoms with Crippen LogP contribution < -0.4 is 9.80 Å². The second-order valence-electron chi connectivity index (χ2n) is 15.9. The predicted octanol–water partition coefficient (Wildman–Crippen LogP) is 16.4. The fourth-order valence-electron chi connectivity index (χ4n) is 9.37. The number of hydrogen-bond acceptors (Lipinski definition) is 2. The molecular weight excluding hydrogens is 725 g/mol. The van der Waals surface area contributed by atoms with E-state index in [9.17, 15) is 0 Å². The van der Waals surface area contributed by atoms with E-state index in [1.807, 2.05) is 0 Å². The van der Waals surface area contributed by atoms with Crippen molar-refractivity contribution < 1.29 is 0 Å². The summed E-state index contributed by atoms with van der Waals surface area (Å²) < 4.78 is 0. The highest BCUT2D eigenvalue weighted by molar-refractivity contribution is 6.23. The third-order valence-electron chi connectivity index (χ3n) is 12.2. The Labute approximate surface area is 352 Å². The van der Waals surface area contributed by atoms with Gasteiger partial charge in [0.25, 0.3) is 0 Å². The monoisotopic (exact) mass is 768 g/mol. The summed E-state index contributed by atoms with van der Waals surface area (Å²) in [5.74, 6) is 0. The number of nitrogens with zero attached hydrogens (tertiary/aromatic N) is 2. The maximum atomic E-state index is 2.45. The van der Waals surface area contributed by atoms with Crippen LogP contribution in [-0.2, 0) is 0 Å². The second kappa shape index (κ2) is 15.4. The van der Waals surface area contributed by atoms with Crippen molar-refractivity contribution in [3.05, 3.63) is 230 Å². The van der Waals surface area contributed by atoms with Crippen LogP contribution in [0.2, 0.25) is 0 Å². The lowest BCUT2D eigenvalue weighted by Crippen LogP contribution is -2.16. The molecule has 0 bridgehead atoms. The zero-order valence-corrected chi connectivity index (χ0v) is 33.5. The summed E-state index contributed by atoms with van der Waals surface area (Å²) in [6.45, 7) is 0. The van der Waals surface area contributed by atoms with E-state index in [0.29, 0.717) is 0 Å². The lowest BCUT2D eigenvalue weighted by molar-refractivity contribution is 0.997. The summed E-state index contributed by atoms with van der Waals surface area (Å²) in [7, 11) is 0. The minimum absolute atomic E-state index is 1.02. The maximum absolute atomic E-state index is 2.45. The number of para-hydroxylation sites is 2. The van der Waals surface area contributed by atoms with E-state index < -0.39 is 0 Å². The molecule has 286 valence electrons. The van der Waals surface area contributed by atoms with Crippen LogP contribution in [0.15, 0.2) is 230 Å². The fourth-order valence-corrected chi connectivity index (χ4v) is 9.37. The largest absolute Gasteiger partial charge is 0.311 e. The van der Waals surface area contributed by atoms with Gasteiger partial charge in [0.1, 0.15) is 0 Å². The minimum atomic E-state index is 1.02. The molecule has 2 aliphatic rings. The van der Waals surface area contributed by atoms with Gasteiger partial charge in [0.05, 0.1) is 0 Å². The topological polar surface area (TPSA) is 6.48 Å². The Morgan fingerprint density at radius 2 is 0.717 bits per heavy atom. The average Bonchev–Trinajstić information content (AvgIpc) is 3.32. The molecule has 0 saturated heterocycles. The molecule has 2 nitrogen and oxygen atoms in total. The van der Waals surface area contributed by atoms with Crippen LogP contribution >= 0.6 is 0 Å². The molecular formula is C58H44N2. The van der Waals surface area contributed by atoms with Crippen LogP contribution in [0, 0.1) is 0 Å². The van der Waals surface area contributed by atoms with E-state index in [-0.39, 0.29) is 0 Å². The normalized spacial score (nSPS) is 13.8. The van der Waals surface area contributed by atoms with Gasteiger partial charge in [0, 0.05) is 34.1 Å². The zero-order valence-electron chi connectivity index (χ0n) is 33.5. The highest BCUT2D eigenvalue weighted by Gasteiger charge is 2.23. The van der Waals surface area contributed by atoms with Crippen LogP contribution in [-0.4, -0.2) is 0 Å². The van der Waals surface area contributed by atoms with Crippen molar-refractivity contribution in [3.63, 3.8) is 0 Å². The predicted molar refractivity (Wildman–Crippen MR) is 257 cm³/mol. The standard InChI is InChI=1S/C58H44N2/c1-5-21-47(22-6-1)59(48-23-7-2-8-24-48)51-33-35-53-55(39-51)57(45-31-29-41-17-13-15-19-43(41)37-45)54-36-34-52(60(49-25-9-3-10-26-49)50-27-11-4-12-28-50)40-56(54)58(53)46-32-30-42-18-14-16-20-44(42)38-46/h1,3,5-7,9-11,13-40H,2,4,8,12H2. The molecule has 2 aliphatic carbocycles. The van der Waals surface area contributed by atoms with E-state index in [1.165, 1.54) is 76.7 Å². The van der Waals surface area contributed by atoms with Gasteiger partial charge in [-0.25, -0.2) is 0 Å². The molecule has 0 aliphatic heterocycles. The van der Waals surface area contributed by atoms with Gasteiger partial charge in [-0.2, -0.15) is 0 Å². The molecule has 0 heterocycles. The molecule has 0 aromatic heterocycles. The molecule has 0 atom stereocenters. The van der Waals surface area contributed by atoms with E-state index in [1.54, 1.807) is 0 Å². The van der Waals surface area contributed by atoms with E-state index in [4.69, 9.17) is 0 Å². The van der Waals surface area contributed by atoms with Crippen LogP contribution in [0.3, 0.4) is 0 Å². The summed E-state index contributed by atoms with van der Waals surface area (Å²) in [5, 5.41) is 9.86. The number of rotatable bonds is 8. The van der Waals surface area contributed by atoms with E-state index in [2.05, 4.69) is 228 Å². The van der Waals surface area contributed by atoms with Gasteiger partial charge in [-0.3, -0.25) is 0 Å². The molecule has 0 N–H and O–H groups in total. The van der Waals surface area contributed by atoms with Crippen molar-refractivity contribution in [1.29, 1.82) is 0 Å². The number of fused-ring (bicyclic) bond motifs is 4. The molecule has 0 saturated carbocycles. The lowest BCUT2D eigenvalue weighted by Gasteiger charge is -2.29. The highest BCUT2D eigenvalue weighted by Crippen LogP contribution is 2.48. The van der Waals surface area contributed by atoms with Gasteiger partial charge in [-0.05, 0) is 164 Å². The van der Waals surface area contributed by atoms with Gasteiger partial charge in [-0.15, -0.1) is 0 Å². The number of allylic oxidation sites excluding steroid dienone is 6. The Balaban J connectivity index is 1.25. The summed E-state index contributed by atoms with van der Waals surface area (Å²) in [5.41, 5.74) is 11.9. The summed E-state index contributed by atoms with van der Waals surface area (Å²) in [6.07, 6.45) is 18.1. The molecule has 60 heavy (non-hydrogen) atoms. The highest BCUT2D eigenvalue weighted by atomic mass is 15.2. The number of anilines is 4. The Kier molecular flexibility index (Phi) is 9.17. The van der Waals surface area contributed by atoms with Gasteiger partial charge >= 0.3 is 0 Å². The first-order valence-electron chi connectivity index (χ1n) is 21.2. The molecule has 0 radical (unpaired) electrons. The third kappa shape index (κ3) is 6.47. The smallest absolute Gasteiger partial charge is 0.0468 e. The molecule has 0 fully saturated rings. The summed E-state index contributed by atoms with van der Waals surface area (Å²) in [4.78, 5) is 4.84. The molecule has 9 aromatic carbocycles. The van der Waals surface area contributed by atoms with Crippen LogP contribution in [0.25, 0.3) is 65.3 Å². The molecule has 9 aromatic rings. The Hall–Kier alpha value is -7.42. The first-order chi connectivity index (χ1) is 29.8. The summed E-state index contributed by atoms with van der Waals surface area (Å²) >= 11 is 0. The average molecular weight is 769 g/mol. The molecule has 0 amide bonds. The van der Waals surface area contributed by atoms with Crippen molar-refractivity contribution in [2.24, 2.45) is 0 Å². The first-order valence-corrected chi connectivity index (χ1v) is 21.2. The zero-order chi connectivity index (χ0) is 39.8.